The molecular formula is C12H20N6O. The first kappa shape index (κ1) is 13.5. The third kappa shape index (κ3) is 3.31. The van der Waals surface area contributed by atoms with E-state index in [1.54, 1.807) is 6.07 Å². The molecule has 0 saturated carbocycles. The highest BCUT2D eigenvalue weighted by Gasteiger charge is 2.16. The lowest BCUT2D eigenvalue weighted by molar-refractivity contribution is 0.318. The number of likely N-dealkylation sites (N-methyl/N-ethyl adjacent to an activating group) is 1. The Kier molecular flexibility index (Phi) is 4.16. The fourth-order valence-corrected chi connectivity index (χ4v) is 2.12. The molecule has 1 aromatic rings. The second-order valence-corrected chi connectivity index (χ2v) is 4.82. The summed E-state index contributed by atoms with van der Waals surface area (Å²) in [6, 6.07) is 1.71. The lowest BCUT2D eigenvalue weighted by Crippen LogP contribution is -2.31. The van der Waals surface area contributed by atoms with Crippen molar-refractivity contribution in [1.29, 1.82) is 0 Å². The number of amidine groups is 1. The number of anilines is 1. The molecule has 0 aliphatic carbocycles. The summed E-state index contributed by atoms with van der Waals surface area (Å²) in [5.41, 5.74) is 6.87. The van der Waals surface area contributed by atoms with Crippen LogP contribution in [-0.4, -0.2) is 59.1 Å². The number of hydrogen-bond acceptors (Lipinski definition) is 6. The van der Waals surface area contributed by atoms with Gasteiger partial charge in [-0.25, -0.2) is 9.97 Å². The average Bonchev–Trinajstić information content (AvgIpc) is 2.62. The maximum atomic E-state index is 8.74. The minimum atomic E-state index is 0.0127. The smallest absolute Gasteiger partial charge is 0.226 e. The van der Waals surface area contributed by atoms with Crippen LogP contribution in [0.4, 0.5) is 5.95 Å². The molecule has 2 heterocycles. The molecule has 0 radical (unpaired) electrons. The van der Waals surface area contributed by atoms with Gasteiger partial charge in [0.15, 0.2) is 5.84 Å². The number of rotatable bonds is 2. The van der Waals surface area contributed by atoms with E-state index in [0.29, 0.717) is 11.6 Å². The molecule has 0 atom stereocenters. The molecule has 0 amide bonds. The van der Waals surface area contributed by atoms with Crippen LogP contribution in [0.1, 0.15) is 17.8 Å². The second-order valence-electron chi connectivity index (χ2n) is 4.82. The minimum Gasteiger partial charge on any atom is -0.409 e. The van der Waals surface area contributed by atoms with E-state index in [4.69, 9.17) is 10.9 Å². The summed E-state index contributed by atoms with van der Waals surface area (Å²) < 4.78 is 0. The van der Waals surface area contributed by atoms with Crippen LogP contribution in [0, 0.1) is 6.92 Å². The molecule has 104 valence electrons. The van der Waals surface area contributed by atoms with Crippen LogP contribution in [0.3, 0.4) is 0 Å². The molecule has 1 aliphatic rings. The molecule has 7 nitrogen and oxygen atoms in total. The molecule has 0 unspecified atom stereocenters. The number of nitrogens with two attached hydrogens (primary N) is 1. The Bertz CT molecular complexity index is 475. The Labute approximate surface area is 112 Å². The summed E-state index contributed by atoms with van der Waals surface area (Å²) in [5, 5.41) is 11.7. The molecule has 1 aliphatic heterocycles. The summed E-state index contributed by atoms with van der Waals surface area (Å²) in [6.07, 6.45) is 1.08. The van der Waals surface area contributed by atoms with Crippen molar-refractivity contribution in [2.75, 3.05) is 38.1 Å². The Hall–Kier alpha value is -1.89. The van der Waals surface area contributed by atoms with E-state index >= 15 is 0 Å². The predicted molar refractivity (Wildman–Crippen MR) is 73.6 cm³/mol. The fraction of sp³-hybridized carbons (Fsp3) is 0.583. The lowest BCUT2D eigenvalue weighted by atomic mass is 10.3. The van der Waals surface area contributed by atoms with E-state index in [0.717, 1.165) is 38.3 Å². The largest absolute Gasteiger partial charge is 0.409 e. The van der Waals surface area contributed by atoms with Gasteiger partial charge in [0.25, 0.3) is 0 Å². The van der Waals surface area contributed by atoms with Gasteiger partial charge in [-0.05, 0) is 33.0 Å². The van der Waals surface area contributed by atoms with Crippen molar-refractivity contribution < 1.29 is 5.21 Å². The van der Waals surface area contributed by atoms with Crippen LogP contribution in [-0.2, 0) is 0 Å². The van der Waals surface area contributed by atoms with Gasteiger partial charge in [0.05, 0.1) is 0 Å². The normalized spacial score (nSPS) is 18.4. The van der Waals surface area contributed by atoms with E-state index in [1.165, 1.54) is 0 Å². The third-order valence-corrected chi connectivity index (χ3v) is 3.21. The van der Waals surface area contributed by atoms with Gasteiger partial charge >= 0.3 is 0 Å². The van der Waals surface area contributed by atoms with Crippen LogP contribution < -0.4 is 10.6 Å². The highest BCUT2D eigenvalue weighted by atomic mass is 16.4. The fourth-order valence-electron chi connectivity index (χ4n) is 2.12. The van der Waals surface area contributed by atoms with Crippen molar-refractivity contribution >= 4 is 11.8 Å². The molecule has 3 N–H and O–H groups in total. The monoisotopic (exact) mass is 264 g/mol. The molecule has 1 saturated heterocycles. The van der Waals surface area contributed by atoms with Gasteiger partial charge in [-0.2, -0.15) is 0 Å². The zero-order valence-electron chi connectivity index (χ0n) is 11.4. The molecule has 7 heteroatoms. The summed E-state index contributed by atoms with van der Waals surface area (Å²) >= 11 is 0. The number of aromatic nitrogens is 2. The second kappa shape index (κ2) is 5.83. The van der Waals surface area contributed by atoms with E-state index in [9.17, 15) is 0 Å². The molecule has 0 spiro atoms. The van der Waals surface area contributed by atoms with E-state index in [1.807, 2.05) is 6.92 Å². The number of hydrogen-bond donors (Lipinski definition) is 2. The van der Waals surface area contributed by atoms with Crippen molar-refractivity contribution in [1.82, 2.24) is 14.9 Å². The van der Waals surface area contributed by atoms with Crippen LogP contribution in [0.25, 0.3) is 0 Å². The van der Waals surface area contributed by atoms with Gasteiger partial charge in [-0.1, -0.05) is 5.16 Å². The molecule has 2 rings (SSSR count). The first-order valence-corrected chi connectivity index (χ1v) is 6.37. The van der Waals surface area contributed by atoms with Crippen LogP contribution >= 0.6 is 0 Å². The summed E-state index contributed by atoms with van der Waals surface area (Å²) in [5.74, 6) is 0.663. The molecule has 19 heavy (non-hydrogen) atoms. The van der Waals surface area contributed by atoms with Gasteiger partial charge in [0, 0.05) is 25.3 Å². The van der Waals surface area contributed by atoms with Crippen molar-refractivity contribution in [3.8, 4) is 0 Å². The van der Waals surface area contributed by atoms with E-state index in [-0.39, 0.29) is 5.84 Å². The Morgan fingerprint density at radius 1 is 1.32 bits per heavy atom. The summed E-state index contributed by atoms with van der Waals surface area (Å²) in [4.78, 5) is 13.3. The lowest BCUT2D eigenvalue weighted by Gasteiger charge is -2.21. The highest BCUT2D eigenvalue weighted by Crippen LogP contribution is 2.13. The topological polar surface area (TPSA) is 90.9 Å². The predicted octanol–water partition coefficient (Wildman–Crippen LogP) is 0.0214. The standard InChI is InChI=1S/C12H20N6O/c1-9-8-10(11(13)16-19)15-12(14-9)18-5-3-4-17(2)6-7-18/h8,19H,3-7H2,1-2H3,(H2,13,16). The van der Waals surface area contributed by atoms with Crippen molar-refractivity contribution in [2.24, 2.45) is 10.9 Å². The molecule has 1 aromatic heterocycles. The quantitative estimate of drug-likeness (QED) is 0.339. The maximum absolute atomic E-state index is 8.74. The zero-order chi connectivity index (χ0) is 13.8. The Morgan fingerprint density at radius 2 is 2.11 bits per heavy atom. The zero-order valence-corrected chi connectivity index (χ0v) is 11.4. The van der Waals surface area contributed by atoms with Crippen molar-refractivity contribution in [3.05, 3.63) is 17.5 Å². The molecule has 1 fully saturated rings. The summed E-state index contributed by atoms with van der Waals surface area (Å²) in [6.45, 7) is 5.74. The SMILES string of the molecule is Cc1cc(/C(N)=N/O)nc(N2CCCN(C)CC2)n1. The summed E-state index contributed by atoms with van der Waals surface area (Å²) in [7, 11) is 2.11. The highest BCUT2D eigenvalue weighted by molar-refractivity contribution is 5.95. The van der Waals surface area contributed by atoms with Gasteiger partial charge in [0.1, 0.15) is 5.69 Å². The van der Waals surface area contributed by atoms with Crippen LogP contribution in [0.5, 0.6) is 0 Å². The maximum Gasteiger partial charge on any atom is 0.226 e. The van der Waals surface area contributed by atoms with Gasteiger partial charge in [0.2, 0.25) is 5.95 Å². The van der Waals surface area contributed by atoms with E-state index < -0.39 is 0 Å². The Balaban J connectivity index is 2.26. The first-order chi connectivity index (χ1) is 9.10. The molecule has 0 aromatic carbocycles. The van der Waals surface area contributed by atoms with Gasteiger partial charge in [-0.3, -0.25) is 0 Å². The number of oxime groups is 1. The Morgan fingerprint density at radius 3 is 2.84 bits per heavy atom. The van der Waals surface area contributed by atoms with Crippen LogP contribution in [0.15, 0.2) is 11.2 Å². The molecular weight excluding hydrogens is 244 g/mol. The van der Waals surface area contributed by atoms with Crippen molar-refractivity contribution in [2.45, 2.75) is 13.3 Å². The third-order valence-electron chi connectivity index (χ3n) is 3.21. The van der Waals surface area contributed by atoms with E-state index in [2.05, 4.69) is 32.0 Å². The van der Waals surface area contributed by atoms with Crippen molar-refractivity contribution in [3.63, 3.8) is 0 Å². The average molecular weight is 264 g/mol. The molecule has 0 bridgehead atoms. The number of nitrogens with zero attached hydrogens (tertiary/aromatic N) is 5. The van der Waals surface area contributed by atoms with Gasteiger partial charge < -0.3 is 20.7 Å². The first-order valence-electron chi connectivity index (χ1n) is 6.37. The number of aryl methyl sites for hydroxylation is 1. The van der Waals surface area contributed by atoms with Crippen LogP contribution in [0.2, 0.25) is 0 Å². The minimum absolute atomic E-state index is 0.0127. The van der Waals surface area contributed by atoms with Gasteiger partial charge in [-0.15, -0.1) is 0 Å².